The molecule has 102 valence electrons. The van der Waals surface area contributed by atoms with Gasteiger partial charge in [-0.15, -0.1) is 0 Å². The van der Waals surface area contributed by atoms with E-state index < -0.39 is 0 Å². The molecule has 0 aliphatic carbocycles. The molecule has 1 atom stereocenters. The van der Waals surface area contributed by atoms with Crippen LogP contribution < -0.4 is 4.90 Å². The van der Waals surface area contributed by atoms with Crippen molar-refractivity contribution in [2.24, 2.45) is 5.92 Å². The predicted octanol–water partition coefficient (Wildman–Crippen LogP) is 2.29. The summed E-state index contributed by atoms with van der Waals surface area (Å²) in [4.78, 5) is 16.3. The van der Waals surface area contributed by atoms with Crippen molar-refractivity contribution in [2.75, 3.05) is 36.4 Å². The Balaban J connectivity index is 1.58. The summed E-state index contributed by atoms with van der Waals surface area (Å²) >= 11 is 3.48. The van der Waals surface area contributed by atoms with E-state index >= 15 is 0 Å². The van der Waals surface area contributed by atoms with E-state index in [0.717, 1.165) is 37.9 Å². The second-order valence-electron chi connectivity index (χ2n) is 5.43. The van der Waals surface area contributed by atoms with Gasteiger partial charge < -0.3 is 9.80 Å². The maximum Gasteiger partial charge on any atom is 0.223 e. The molecule has 2 aliphatic rings. The summed E-state index contributed by atoms with van der Waals surface area (Å²) in [6.07, 6.45) is 1.84. The first-order chi connectivity index (χ1) is 9.28. The van der Waals surface area contributed by atoms with Gasteiger partial charge in [0.25, 0.3) is 0 Å². The molecular formula is C15H19BrN2O. The van der Waals surface area contributed by atoms with Gasteiger partial charge in [0.15, 0.2) is 0 Å². The molecule has 0 bridgehead atoms. The van der Waals surface area contributed by atoms with Crippen molar-refractivity contribution in [3.05, 3.63) is 29.8 Å². The number of halogens is 1. The highest BCUT2D eigenvalue weighted by Crippen LogP contribution is 2.27. The number of anilines is 1. The van der Waals surface area contributed by atoms with Crippen molar-refractivity contribution in [2.45, 2.75) is 12.8 Å². The fraction of sp³-hybridized carbons (Fsp3) is 0.533. The number of likely N-dealkylation sites (tertiary alicyclic amines) is 1. The number of para-hydroxylation sites is 1. The third-order valence-electron chi connectivity index (χ3n) is 4.14. The van der Waals surface area contributed by atoms with Crippen LogP contribution in [0.25, 0.3) is 0 Å². The van der Waals surface area contributed by atoms with Gasteiger partial charge in [0.2, 0.25) is 5.91 Å². The number of fused-ring (bicyclic) bond motifs is 1. The first kappa shape index (κ1) is 13.0. The molecule has 0 N–H and O–H groups in total. The van der Waals surface area contributed by atoms with E-state index in [1.54, 1.807) is 0 Å². The highest BCUT2D eigenvalue weighted by atomic mass is 79.9. The number of nitrogens with zero attached hydrogens (tertiary/aromatic N) is 2. The Morgan fingerprint density at radius 1 is 1.21 bits per heavy atom. The number of rotatable bonds is 4. The topological polar surface area (TPSA) is 23.6 Å². The van der Waals surface area contributed by atoms with Gasteiger partial charge in [-0.05, 0) is 24.0 Å². The molecule has 4 heteroatoms. The van der Waals surface area contributed by atoms with Gasteiger partial charge >= 0.3 is 0 Å². The van der Waals surface area contributed by atoms with E-state index in [-0.39, 0.29) is 0 Å². The number of carbonyl (C=O) groups excluding carboxylic acids is 1. The lowest BCUT2D eigenvalue weighted by atomic mass is 10.2. The Labute approximate surface area is 122 Å². The van der Waals surface area contributed by atoms with Crippen molar-refractivity contribution in [1.82, 2.24) is 4.90 Å². The van der Waals surface area contributed by atoms with Crippen LogP contribution in [0.2, 0.25) is 0 Å². The third kappa shape index (κ3) is 2.64. The van der Waals surface area contributed by atoms with Crippen LogP contribution in [0.15, 0.2) is 24.3 Å². The molecule has 1 unspecified atom stereocenters. The maximum absolute atomic E-state index is 11.9. The number of hydrogen-bond acceptors (Lipinski definition) is 2. The molecule has 2 heterocycles. The molecule has 1 amide bonds. The van der Waals surface area contributed by atoms with E-state index in [1.807, 2.05) is 4.90 Å². The van der Waals surface area contributed by atoms with E-state index in [0.29, 0.717) is 18.2 Å². The van der Waals surface area contributed by atoms with Crippen molar-refractivity contribution < 1.29 is 4.79 Å². The molecule has 3 rings (SSSR count). The van der Waals surface area contributed by atoms with Crippen LogP contribution in [0.1, 0.15) is 12.0 Å². The zero-order valence-corrected chi connectivity index (χ0v) is 12.6. The van der Waals surface area contributed by atoms with Crippen LogP contribution in [0, 0.1) is 5.92 Å². The highest BCUT2D eigenvalue weighted by Gasteiger charge is 2.29. The maximum atomic E-state index is 11.9. The van der Waals surface area contributed by atoms with E-state index in [2.05, 4.69) is 45.1 Å². The minimum atomic E-state index is 0.317. The summed E-state index contributed by atoms with van der Waals surface area (Å²) in [6.45, 7) is 3.82. The fourth-order valence-corrected chi connectivity index (χ4v) is 3.49. The molecule has 1 saturated heterocycles. The zero-order valence-electron chi connectivity index (χ0n) is 11.0. The van der Waals surface area contributed by atoms with Crippen LogP contribution in [0.5, 0.6) is 0 Å². The first-order valence-electron chi connectivity index (χ1n) is 6.94. The van der Waals surface area contributed by atoms with Crippen LogP contribution in [-0.2, 0) is 11.2 Å². The summed E-state index contributed by atoms with van der Waals surface area (Å²) in [5.41, 5.74) is 2.79. The normalized spacial score (nSPS) is 22.2. The molecule has 19 heavy (non-hydrogen) atoms. The number of hydrogen-bond donors (Lipinski definition) is 0. The van der Waals surface area contributed by atoms with Crippen LogP contribution >= 0.6 is 15.9 Å². The molecule has 1 aromatic carbocycles. The molecule has 1 fully saturated rings. The largest absolute Gasteiger partial charge is 0.369 e. The standard InChI is InChI=1S/C15H19BrN2O/c16-10-12-9-15(19)18(11-12)8-7-17-6-5-13-3-1-2-4-14(13)17/h1-4,12H,5-11H2. The van der Waals surface area contributed by atoms with Crippen molar-refractivity contribution in [1.29, 1.82) is 0 Å². The van der Waals surface area contributed by atoms with Gasteiger partial charge in [0, 0.05) is 43.6 Å². The molecular weight excluding hydrogens is 304 g/mol. The quantitative estimate of drug-likeness (QED) is 0.794. The minimum absolute atomic E-state index is 0.317. The van der Waals surface area contributed by atoms with Gasteiger partial charge in [-0.2, -0.15) is 0 Å². The minimum Gasteiger partial charge on any atom is -0.369 e. The predicted molar refractivity (Wildman–Crippen MR) is 80.8 cm³/mol. The summed E-state index contributed by atoms with van der Waals surface area (Å²) in [5, 5.41) is 0.932. The molecule has 2 aliphatic heterocycles. The summed E-state index contributed by atoms with van der Waals surface area (Å²) < 4.78 is 0. The second-order valence-corrected chi connectivity index (χ2v) is 6.08. The summed E-state index contributed by atoms with van der Waals surface area (Å²) in [6, 6.07) is 8.60. The average Bonchev–Trinajstić information content (AvgIpc) is 3.00. The second kappa shape index (κ2) is 5.53. The monoisotopic (exact) mass is 322 g/mol. The van der Waals surface area contributed by atoms with Crippen LogP contribution in [-0.4, -0.2) is 42.3 Å². The number of carbonyl (C=O) groups is 1. The Morgan fingerprint density at radius 2 is 2.00 bits per heavy atom. The average molecular weight is 323 g/mol. The van der Waals surface area contributed by atoms with Gasteiger partial charge in [0.05, 0.1) is 0 Å². The number of amides is 1. The van der Waals surface area contributed by atoms with Gasteiger partial charge in [-0.1, -0.05) is 34.1 Å². The van der Waals surface area contributed by atoms with Crippen LogP contribution in [0.3, 0.4) is 0 Å². The van der Waals surface area contributed by atoms with Crippen molar-refractivity contribution in [3.63, 3.8) is 0 Å². The van der Waals surface area contributed by atoms with E-state index in [1.165, 1.54) is 11.3 Å². The van der Waals surface area contributed by atoms with Gasteiger partial charge in [-0.25, -0.2) is 0 Å². The SMILES string of the molecule is O=C1CC(CBr)CN1CCN1CCc2ccccc21. The Bertz CT molecular complexity index is 477. The lowest BCUT2D eigenvalue weighted by molar-refractivity contribution is -0.127. The van der Waals surface area contributed by atoms with E-state index in [9.17, 15) is 4.79 Å². The zero-order chi connectivity index (χ0) is 13.2. The molecule has 0 saturated carbocycles. The third-order valence-corrected chi connectivity index (χ3v) is 5.05. The van der Waals surface area contributed by atoms with E-state index in [4.69, 9.17) is 0 Å². The van der Waals surface area contributed by atoms with Gasteiger partial charge in [-0.3, -0.25) is 4.79 Å². The number of benzene rings is 1. The van der Waals surface area contributed by atoms with Crippen molar-refractivity contribution >= 4 is 27.5 Å². The summed E-state index contributed by atoms with van der Waals surface area (Å²) in [7, 11) is 0. The number of alkyl halides is 1. The van der Waals surface area contributed by atoms with Crippen LogP contribution in [0.4, 0.5) is 5.69 Å². The summed E-state index contributed by atoms with van der Waals surface area (Å²) in [5.74, 6) is 0.815. The lowest BCUT2D eigenvalue weighted by Gasteiger charge is -2.23. The lowest BCUT2D eigenvalue weighted by Crippen LogP contribution is -2.35. The highest BCUT2D eigenvalue weighted by molar-refractivity contribution is 9.09. The Kier molecular flexibility index (Phi) is 3.78. The molecule has 1 aromatic rings. The van der Waals surface area contributed by atoms with Gasteiger partial charge in [0.1, 0.15) is 0 Å². The molecule has 3 nitrogen and oxygen atoms in total. The molecule has 0 aromatic heterocycles. The molecule has 0 radical (unpaired) electrons. The van der Waals surface area contributed by atoms with Crippen molar-refractivity contribution in [3.8, 4) is 0 Å². The molecule has 0 spiro atoms. The Morgan fingerprint density at radius 3 is 2.79 bits per heavy atom. The fourth-order valence-electron chi connectivity index (χ4n) is 3.05. The Hall–Kier alpha value is -1.03. The first-order valence-corrected chi connectivity index (χ1v) is 8.06. The smallest absolute Gasteiger partial charge is 0.223 e.